The molecule has 1 heterocycles. The first-order valence-electron chi connectivity index (χ1n) is 7.32. The molecule has 3 nitrogen and oxygen atoms in total. The molecule has 1 aliphatic heterocycles. The second kappa shape index (κ2) is 6.32. The van der Waals surface area contributed by atoms with Gasteiger partial charge >= 0.3 is 5.97 Å². The second-order valence-corrected chi connectivity index (χ2v) is 6.31. The molecular formula is C16H21ClFNO2. The molecule has 1 aliphatic rings. The number of rotatable bonds is 5. The zero-order valence-corrected chi connectivity index (χ0v) is 13.2. The number of halogens is 2. The fourth-order valence-electron chi connectivity index (χ4n) is 3.18. The molecule has 0 spiro atoms. The normalized spacial score (nSPS) is 24.2. The molecule has 116 valence electrons. The second-order valence-electron chi connectivity index (χ2n) is 5.91. The highest BCUT2D eigenvalue weighted by Crippen LogP contribution is 2.39. The number of likely N-dealkylation sites (tertiary alicyclic amines) is 1. The van der Waals surface area contributed by atoms with E-state index in [1.807, 2.05) is 13.8 Å². The number of hydrogen-bond acceptors (Lipinski definition) is 2. The van der Waals surface area contributed by atoms with Crippen molar-refractivity contribution in [1.82, 2.24) is 4.90 Å². The van der Waals surface area contributed by atoms with Crippen LogP contribution in [0, 0.1) is 11.2 Å². The highest BCUT2D eigenvalue weighted by Gasteiger charge is 2.45. The SMILES string of the molecule is CCCC1(C(=O)O)CCN(C(C)c2ccc(F)c(Cl)c2)C1. The van der Waals surface area contributed by atoms with Crippen molar-refractivity contribution in [2.24, 2.45) is 5.41 Å². The Labute approximate surface area is 129 Å². The molecule has 0 saturated carbocycles. The van der Waals surface area contributed by atoms with Gasteiger partial charge in [-0.05, 0) is 44.0 Å². The highest BCUT2D eigenvalue weighted by atomic mass is 35.5. The predicted molar refractivity (Wildman–Crippen MR) is 81.0 cm³/mol. The van der Waals surface area contributed by atoms with Crippen molar-refractivity contribution < 1.29 is 14.3 Å². The molecule has 0 amide bonds. The van der Waals surface area contributed by atoms with Gasteiger partial charge in [0.1, 0.15) is 5.82 Å². The Kier molecular flexibility index (Phi) is 4.89. The van der Waals surface area contributed by atoms with E-state index in [1.54, 1.807) is 12.1 Å². The van der Waals surface area contributed by atoms with E-state index in [2.05, 4.69) is 4.90 Å². The summed E-state index contributed by atoms with van der Waals surface area (Å²) in [6.07, 6.45) is 2.21. The van der Waals surface area contributed by atoms with Crippen molar-refractivity contribution in [3.8, 4) is 0 Å². The van der Waals surface area contributed by atoms with Crippen LogP contribution in [-0.2, 0) is 4.79 Å². The van der Waals surface area contributed by atoms with Crippen molar-refractivity contribution >= 4 is 17.6 Å². The van der Waals surface area contributed by atoms with Gasteiger partial charge in [-0.15, -0.1) is 0 Å². The van der Waals surface area contributed by atoms with Gasteiger partial charge in [0.2, 0.25) is 0 Å². The van der Waals surface area contributed by atoms with E-state index < -0.39 is 17.2 Å². The number of carboxylic acids is 1. The van der Waals surface area contributed by atoms with Gasteiger partial charge in [-0.25, -0.2) is 4.39 Å². The van der Waals surface area contributed by atoms with Gasteiger partial charge < -0.3 is 5.11 Å². The standard InChI is InChI=1S/C16H21ClFNO2/c1-3-6-16(15(20)21)7-8-19(10-16)11(2)12-4-5-14(18)13(17)9-12/h4-5,9,11H,3,6-8,10H2,1-2H3,(H,20,21). The molecule has 0 radical (unpaired) electrons. The number of hydrogen-bond donors (Lipinski definition) is 1. The monoisotopic (exact) mass is 313 g/mol. The summed E-state index contributed by atoms with van der Waals surface area (Å²) < 4.78 is 13.2. The van der Waals surface area contributed by atoms with Gasteiger partial charge in [-0.1, -0.05) is 31.0 Å². The number of aliphatic carboxylic acids is 1. The zero-order valence-electron chi connectivity index (χ0n) is 12.4. The average Bonchev–Trinajstić information content (AvgIpc) is 2.87. The maximum Gasteiger partial charge on any atom is 0.310 e. The molecule has 0 aliphatic carbocycles. The molecule has 2 rings (SSSR count). The number of nitrogens with zero attached hydrogens (tertiary/aromatic N) is 1. The van der Waals surface area contributed by atoms with Crippen LogP contribution in [0.25, 0.3) is 0 Å². The largest absolute Gasteiger partial charge is 0.481 e. The predicted octanol–water partition coefficient (Wildman–Crippen LogP) is 4.12. The van der Waals surface area contributed by atoms with Crippen molar-refractivity contribution in [2.45, 2.75) is 39.2 Å². The van der Waals surface area contributed by atoms with E-state index in [1.165, 1.54) is 6.07 Å². The third kappa shape index (κ3) is 3.22. The quantitative estimate of drug-likeness (QED) is 0.889. The van der Waals surface area contributed by atoms with E-state index in [9.17, 15) is 14.3 Å². The van der Waals surface area contributed by atoms with Crippen molar-refractivity contribution in [3.05, 3.63) is 34.6 Å². The summed E-state index contributed by atoms with van der Waals surface area (Å²) in [4.78, 5) is 13.8. The van der Waals surface area contributed by atoms with Crippen LogP contribution in [0.15, 0.2) is 18.2 Å². The topological polar surface area (TPSA) is 40.5 Å². The minimum atomic E-state index is -0.712. The molecule has 1 saturated heterocycles. The summed E-state index contributed by atoms with van der Waals surface area (Å²) in [5.74, 6) is -1.14. The Hall–Kier alpha value is -1.13. The van der Waals surface area contributed by atoms with Gasteiger partial charge in [0.15, 0.2) is 0 Å². The van der Waals surface area contributed by atoms with Crippen LogP contribution in [0.4, 0.5) is 4.39 Å². The summed E-state index contributed by atoms with van der Waals surface area (Å²) in [6.45, 7) is 5.29. The van der Waals surface area contributed by atoms with E-state index in [0.29, 0.717) is 19.4 Å². The van der Waals surface area contributed by atoms with Crippen LogP contribution in [0.3, 0.4) is 0 Å². The highest BCUT2D eigenvalue weighted by molar-refractivity contribution is 6.30. The van der Waals surface area contributed by atoms with Crippen molar-refractivity contribution in [1.29, 1.82) is 0 Å². The van der Waals surface area contributed by atoms with E-state index in [0.717, 1.165) is 18.5 Å². The maximum atomic E-state index is 13.2. The van der Waals surface area contributed by atoms with Crippen molar-refractivity contribution in [3.63, 3.8) is 0 Å². The number of carboxylic acid groups (broad SMARTS) is 1. The molecule has 1 aromatic rings. The minimum absolute atomic E-state index is 0.0289. The van der Waals surface area contributed by atoms with Crippen LogP contribution >= 0.6 is 11.6 Å². The molecule has 0 aromatic heterocycles. The number of benzene rings is 1. The minimum Gasteiger partial charge on any atom is -0.481 e. The van der Waals surface area contributed by atoms with Crippen LogP contribution in [-0.4, -0.2) is 29.1 Å². The summed E-state index contributed by atoms with van der Waals surface area (Å²) in [5.41, 5.74) is 0.270. The lowest BCUT2D eigenvalue weighted by molar-refractivity contribution is -0.148. The molecule has 2 atom stereocenters. The Morgan fingerprint density at radius 1 is 1.57 bits per heavy atom. The van der Waals surface area contributed by atoms with E-state index >= 15 is 0 Å². The first kappa shape index (κ1) is 16.2. The molecule has 1 fully saturated rings. The molecular weight excluding hydrogens is 293 g/mol. The van der Waals surface area contributed by atoms with Crippen LogP contribution in [0.1, 0.15) is 44.7 Å². The lowest BCUT2D eigenvalue weighted by Gasteiger charge is -2.28. The summed E-state index contributed by atoms with van der Waals surface area (Å²) in [5, 5.41) is 9.66. The molecule has 21 heavy (non-hydrogen) atoms. The Morgan fingerprint density at radius 3 is 2.86 bits per heavy atom. The molecule has 5 heteroatoms. The summed E-state index contributed by atoms with van der Waals surface area (Å²) in [6, 6.07) is 4.73. The lowest BCUT2D eigenvalue weighted by atomic mass is 9.82. The summed E-state index contributed by atoms with van der Waals surface area (Å²) >= 11 is 5.83. The zero-order chi connectivity index (χ0) is 15.6. The molecule has 2 unspecified atom stereocenters. The van der Waals surface area contributed by atoms with Gasteiger partial charge in [0.05, 0.1) is 10.4 Å². The van der Waals surface area contributed by atoms with Gasteiger partial charge in [0, 0.05) is 12.6 Å². The number of carbonyl (C=O) groups is 1. The van der Waals surface area contributed by atoms with Gasteiger partial charge in [0.25, 0.3) is 0 Å². The van der Waals surface area contributed by atoms with E-state index in [4.69, 9.17) is 11.6 Å². The molecule has 1 N–H and O–H groups in total. The molecule has 1 aromatic carbocycles. The Bertz CT molecular complexity index is 537. The average molecular weight is 314 g/mol. The van der Waals surface area contributed by atoms with Crippen LogP contribution in [0.5, 0.6) is 0 Å². The van der Waals surface area contributed by atoms with Crippen molar-refractivity contribution in [2.75, 3.05) is 13.1 Å². The van der Waals surface area contributed by atoms with Crippen LogP contribution < -0.4 is 0 Å². The van der Waals surface area contributed by atoms with E-state index in [-0.39, 0.29) is 11.1 Å². The first-order valence-corrected chi connectivity index (χ1v) is 7.70. The summed E-state index contributed by atoms with van der Waals surface area (Å²) in [7, 11) is 0. The fraction of sp³-hybridized carbons (Fsp3) is 0.562. The lowest BCUT2D eigenvalue weighted by Crippen LogP contribution is -2.35. The van der Waals surface area contributed by atoms with Gasteiger partial charge in [-0.3, -0.25) is 9.69 Å². The fourth-order valence-corrected chi connectivity index (χ4v) is 3.37. The maximum absolute atomic E-state index is 13.2. The Morgan fingerprint density at radius 2 is 2.29 bits per heavy atom. The smallest absolute Gasteiger partial charge is 0.310 e. The van der Waals surface area contributed by atoms with Crippen LogP contribution in [0.2, 0.25) is 5.02 Å². The Balaban J connectivity index is 2.16. The molecule has 0 bridgehead atoms. The third-order valence-corrected chi connectivity index (χ3v) is 4.83. The first-order chi connectivity index (χ1) is 9.89. The third-order valence-electron chi connectivity index (χ3n) is 4.54. The van der Waals surface area contributed by atoms with Gasteiger partial charge in [-0.2, -0.15) is 0 Å².